The maximum Gasteiger partial charge on any atom is 0.345 e. The van der Waals surface area contributed by atoms with E-state index in [1.807, 2.05) is 0 Å². The van der Waals surface area contributed by atoms with Crippen molar-refractivity contribution in [3.05, 3.63) is 27.4 Å². The number of nitrogens with one attached hydrogen (secondary N) is 1. The zero-order chi connectivity index (χ0) is 8.55. The number of hydrogen-bond donors (Lipinski definition) is 1. The van der Waals surface area contributed by atoms with Gasteiger partial charge in [-0.15, -0.1) is 0 Å². The van der Waals surface area contributed by atoms with E-state index in [0.29, 0.717) is 12.0 Å². The van der Waals surface area contributed by atoms with Gasteiger partial charge < -0.3 is 4.98 Å². The quantitative estimate of drug-likeness (QED) is 0.597. The van der Waals surface area contributed by atoms with Crippen LogP contribution in [0.5, 0.6) is 0 Å². The molecule has 1 heterocycles. The van der Waals surface area contributed by atoms with Crippen LogP contribution in [0.3, 0.4) is 0 Å². The molecule has 2 rings (SSSR count). The smallest absolute Gasteiger partial charge is 0.309 e. The van der Waals surface area contributed by atoms with Crippen LogP contribution in [0.1, 0.15) is 28.2 Å². The number of aromatic nitrogens is 2. The number of fused-ring (bicyclic) bond motifs is 1. The molecule has 0 aliphatic heterocycles. The lowest BCUT2D eigenvalue weighted by Gasteiger charge is -1.98. The average molecular weight is 164 g/mol. The van der Waals surface area contributed by atoms with Crippen LogP contribution in [0.2, 0.25) is 0 Å². The maximum atomic E-state index is 10.9. The summed E-state index contributed by atoms with van der Waals surface area (Å²) in [5.74, 6) is 0. The molecule has 1 aromatic heterocycles. The Labute approximate surface area is 68.6 Å². The van der Waals surface area contributed by atoms with E-state index in [1.165, 1.54) is 0 Å². The van der Waals surface area contributed by atoms with Crippen molar-refractivity contribution < 1.29 is 4.79 Å². The van der Waals surface area contributed by atoms with Crippen molar-refractivity contribution >= 4 is 6.29 Å². The van der Waals surface area contributed by atoms with Gasteiger partial charge in [-0.25, -0.2) is 4.79 Å². The molecule has 0 fully saturated rings. The molecule has 4 heteroatoms. The number of rotatable bonds is 1. The minimum absolute atomic E-state index is 0.311. The Hall–Kier alpha value is -1.45. The van der Waals surface area contributed by atoms with Gasteiger partial charge in [0.15, 0.2) is 6.29 Å². The Morgan fingerprint density at radius 1 is 1.42 bits per heavy atom. The van der Waals surface area contributed by atoms with Crippen molar-refractivity contribution in [2.24, 2.45) is 0 Å². The van der Waals surface area contributed by atoms with Gasteiger partial charge in [0.05, 0.1) is 0 Å². The lowest BCUT2D eigenvalue weighted by Crippen LogP contribution is -2.16. The van der Waals surface area contributed by atoms with Crippen LogP contribution < -0.4 is 5.69 Å². The third-order valence-corrected chi connectivity index (χ3v) is 2.12. The Morgan fingerprint density at radius 3 is 3.00 bits per heavy atom. The second-order valence-corrected chi connectivity index (χ2v) is 2.86. The summed E-state index contributed by atoms with van der Waals surface area (Å²) >= 11 is 0. The van der Waals surface area contributed by atoms with E-state index in [4.69, 9.17) is 0 Å². The topological polar surface area (TPSA) is 62.8 Å². The number of hydrogen-bond acceptors (Lipinski definition) is 3. The Balaban J connectivity index is 2.70. The minimum atomic E-state index is -0.419. The van der Waals surface area contributed by atoms with E-state index in [9.17, 15) is 9.59 Å². The zero-order valence-corrected chi connectivity index (χ0v) is 6.46. The SMILES string of the molecule is O=Cc1nc(=O)[nH]c2c1CCC2. The molecule has 0 unspecified atom stereocenters. The molecule has 0 saturated carbocycles. The van der Waals surface area contributed by atoms with Gasteiger partial charge in [0.25, 0.3) is 0 Å². The molecule has 0 atom stereocenters. The summed E-state index contributed by atoms with van der Waals surface area (Å²) < 4.78 is 0. The average Bonchev–Trinajstić information content (AvgIpc) is 2.50. The lowest BCUT2D eigenvalue weighted by molar-refractivity contribution is 0.111. The lowest BCUT2D eigenvalue weighted by atomic mass is 10.2. The fourth-order valence-electron chi connectivity index (χ4n) is 1.60. The van der Waals surface area contributed by atoms with Gasteiger partial charge in [0, 0.05) is 11.3 Å². The van der Waals surface area contributed by atoms with Crippen LogP contribution >= 0.6 is 0 Å². The summed E-state index contributed by atoms with van der Waals surface area (Å²) in [5.41, 5.74) is 1.70. The highest BCUT2D eigenvalue weighted by molar-refractivity contribution is 5.74. The number of aryl methyl sites for hydroxylation is 1. The number of carbonyl (C=O) groups excluding carboxylic acids is 1. The molecule has 0 saturated heterocycles. The van der Waals surface area contributed by atoms with E-state index < -0.39 is 5.69 Å². The third kappa shape index (κ3) is 0.958. The third-order valence-electron chi connectivity index (χ3n) is 2.12. The second kappa shape index (κ2) is 2.55. The largest absolute Gasteiger partial charge is 0.345 e. The molecule has 0 amide bonds. The van der Waals surface area contributed by atoms with Gasteiger partial charge in [-0.1, -0.05) is 0 Å². The van der Waals surface area contributed by atoms with Gasteiger partial charge in [-0.05, 0) is 19.3 Å². The molecule has 62 valence electrons. The maximum absolute atomic E-state index is 10.9. The van der Waals surface area contributed by atoms with Crippen molar-refractivity contribution in [3.63, 3.8) is 0 Å². The van der Waals surface area contributed by atoms with Crippen LogP contribution in [-0.4, -0.2) is 16.3 Å². The minimum Gasteiger partial charge on any atom is -0.309 e. The van der Waals surface area contributed by atoms with Crippen molar-refractivity contribution in [1.82, 2.24) is 9.97 Å². The monoisotopic (exact) mass is 164 g/mol. The molecule has 1 aromatic rings. The van der Waals surface area contributed by atoms with E-state index in [0.717, 1.165) is 30.5 Å². The standard InChI is InChI=1S/C8H8N2O2/c11-4-7-5-2-1-3-6(5)9-8(12)10-7/h4H,1-3H2,(H,9,10,12). The van der Waals surface area contributed by atoms with Crippen LogP contribution in [-0.2, 0) is 12.8 Å². The van der Waals surface area contributed by atoms with Crippen LogP contribution in [0.25, 0.3) is 0 Å². The highest BCUT2D eigenvalue weighted by Gasteiger charge is 2.16. The summed E-state index contributed by atoms with van der Waals surface area (Å²) in [6.07, 6.45) is 3.36. The first-order chi connectivity index (χ1) is 5.81. The van der Waals surface area contributed by atoms with Crippen molar-refractivity contribution in [3.8, 4) is 0 Å². The second-order valence-electron chi connectivity index (χ2n) is 2.86. The van der Waals surface area contributed by atoms with Gasteiger partial charge in [0.1, 0.15) is 5.69 Å². The first-order valence-corrected chi connectivity index (χ1v) is 3.88. The molecule has 4 nitrogen and oxygen atoms in total. The van der Waals surface area contributed by atoms with Gasteiger partial charge in [-0.2, -0.15) is 4.98 Å². The highest BCUT2D eigenvalue weighted by Crippen LogP contribution is 2.19. The van der Waals surface area contributed by atoms with Crippen LogP contribution in [0.4, 0.5) is 0 Å². The summed E-state index contributed by atoms with van der Waals surface area (Å²) in [4.78, 5) is 27.6. The Kier molecular flexibility index (Phi) is 1.53. The van der Waals surface area contributed by atoms with Crippen LogP contribution in [0, 0.1) is 0 Å². The predicted octanol–water partition coefficient (Wildman–Crippen LogP) is 0.0711. The number of aromatic amines is 1. The molecule has 1 N–H and O–H groups in total. The molecule has 0 radical (unpaired) electrons. The molecule has 1 aliphatic rings. The van der Waals surface area contributed by atoms with Crippen molar-refractivity contribution in [1.29, 1.82) is 0 Å². The molecule has 0 bridgehead atoms. The summed E-state index contributed by atoms with van der Waals surface area (Å²) in [6.45, 7) is 0. The fourth-order valence-corrected chi connectivity index (χ4v) is 1.60. The number of aldehydes is 1. The number of carbonyl (C=O) groups is 1. The number of H-pyrrole nitrogens is 1. The fraction of sp³-hybridized carbons (Fsp3) is 0.375. The first kappa shape index (κ1) is 7.21. The zero-order valence-electron chi connectivity index (χ0n) is 6.46. The van der Waals surface area contributed by atoms with E-state index >= 15 is 0 Å². The van der Waals surface area contributed by atoms with Gasteiger partial charge in [0.2, 0.25) is 0 Å². The molecular weight excluding hydrogens is 156 g/mol. The van der Waals surface area contributed by atoms with E-state index in [-0.39, 0.29) is 0 Å². The highest BCUT2D eigenvalue weighted by atomic mass is 16.1. The Morgan fingerprint density at radius 2 is 2.25 bits per heavy atom. The molecule has 1 aliphatic carbocycles. The molecule has 0 aromatic carbocycles. The summed E-state index contributed by atoms with van der Waals surface area (Å²) in [6, 6.07) is 0. The normalized spacial score (nSPS) is 14.3. The summed E-state index contributed by atoms with van der Waals surface area (Å²) in [7, 11) is 0. The molecule has 12 heavy (non-hydrogen) atoms. The van der Waals surface area contributed by atoms with Crippen molar-refractivity contribution in [2.45, 2.75) is 19.3 Å². The number of nitrogens with zero attached hydrogens (tertiary/aromatic N) is 1. The van der Waals surface area contributed by atoms with Gasteiger partial charge in [-0.3, -0.25) is 4.79 Å². The molecule has 0 spiro atoms. The summed E-state index contributed by atoms with van der Waals surface area (Å²) in [5, 5.41) is 0. The predicted molar refractivity (Wildman–Crippen MR) is 42.3 cm³/mol. The Bertz CT molecular complexity index is 381. The van der Waals surface area contributed by atoms with E-state index in [1.54, 1.807) is 0 Å². The molecular formula is C8H8N2O2. The first-order valence-electron chi connectivity index (χ1n) is 3.88. The van der Waals surface area contributed by atoms with Gasteiger partial charge >= 0.3 is 5.69 Å². The van der Waals surface area contributed by atoms with Crippen molar-refractivity contribution in [2.75, 3.05) is 0 Å². The van der Waals surface area contributed by atoms with E-state index in [2.05, 4.69) is 9.97 Å². The van der Waals surface area contributed by atoms with Crippen LogP contribution in [0.15, 0.2) is 4.79 Å².